The van der Waals surface area contributed by atoms with Crippen molar-refractivity contribution in [2.45, 2.75) is 31.2 Å². The van der Waals surface area contributed by atoms with Crippen molar-refractivity contribution in [2.75, 3.05) is 11.1 Å². The van der Waals surface area contributed by atoms with Crippen molar-refractivity contribution < 1.29 is 19.8 Å². The smallest absolute Gasteiger partial charge is 0.364 e. The molecule has 0 unspecified atom stereocenters. The number of hydrogen-bond donors (Lipinski definition) is 3. The molecular weight excluding hydrogens is 547 g/mol. The molecule has 0 aliphatic heterocycles. The van der Waals surface area contributed by atoms with Crippen LogP contribution in [-0.2, 0) is 13.0 Å². The monoisotopic (exact) mass is 570 g/mol. The lowest BCUT2D eigenvalue weighted by Crippen LogP contribution is -2.05. The van der Waals surface area contributed by atoms with E-state index < -0.39 is 12.0 Å². The summed E-state index contributed by atoms with van der Waals surface area (Å²) in [6, 6.07) is 16.6. The number of aryl methyl sites for hydroxylation is 2. The fraction of sp³-hybridized carbons (Fsp3) is 0.185. The topological polar surface area (TPSA) is 116 Å². The van der Waals surface area contributed by atoms with Gasteiger partial charge in [-0.2, -0.15) is 0 Å². The molecule has 0 radical (unpaired) electrons. The Kier molecular flexibility index (Phi) is 8.93. The summed E-state index contributed by atoms with van der Waals surface area (Å²) >= 11 is 13.5. The van der Waals surface area contributed by atoms with Gasteiger partial charge in [0, 0.05) is 28.3 Å². The first kappa shape index (κ1) is 27.5. The molecule has 3 aromatic carbocycles. The van der Waals surface area contributed by atoms with E-state index in [1.54, 1.807) is 40.6 Å². The Balaban J connectivity index is 1.52. The molecule has 0 aliphatic carbocycles. The summed E-state index contributed by atoms with van der Waals surface area (Å²) < 4.78 is 1.75. The van der Waals surface area contributed by atoms with Crippen LogP contribution in [0.5, 0.6) is 5.88 Å². The molecule has 3 N–H and O–H groups in total. The number of hydrogen-bond acceptors (Lipinski definition) is 5. The van der Waals surface area contributed by atoms with E-state index in [2.05, 4.69) is 15.5 Å². The van der Waals surface area contributed by atoms with Crippen molar-refractivity contribution in [3.05, 3.63) is 81.8 Å². The Bertz CT molecular complexity index is 1520. The summed E-state index contributed by atoms with van der Waals surface area (Å²) in [5.41, 5.74) is 2.71. The van der Waals surface area contributed by atoms with Gasteiger partial charge in [-0.05, 0) is 66.9 Å². The largest absolute Gasteiger partial charge is 0.493 e. The zero-order chi connectivity index (χ0) is 27.2. The molecule has 0 atom stereocenters. The number of nitrogens with one attached hydrogen (secondary N) is 1. The second-order valence-corrected chi connectivity index (χ2v) is 10.3. The molecule has 0 bridgehead atoms. The number of anilines is 1. The van der Waals surface area contributed by atoms with Crippen LogP contribution < -0.4 is 5.32 Å². The predicted octanol–water partition coefficient (Wildman–Crippen LogP) is 8.41. The summed E-state index contributed by atoms with van der Waals surface area (Å²) in [6.45, 7) is 2.58. The molecule has 1 aromatic heterocycles. The van der Waals surface area contributed by atoms with Gasteiger partial charge in [0.2, 0.25) is 5.88 Å². The number of carbonyl (C=O) groups excluding carboxylic acids is 1. The van der Waals surface area contributed by atoms with E-state index >= 15 is 0 Å². The van der Waals surface area contributed by atoms with Crippen LogP contribution in [0.1, 0.15) is 29.3 Å². The highest BCUT2D eigenvalue weighted by Crippen LogP contribution is 2.41. The van der Waals surface area contributed by atoms with Gasteiger partial charge in [-0.3, -0.25) is 0 Å². The summed E-state index contributed by atoms with van der Waals surface area (Å²) in [5.74, 6) is -0.242. The minimum Gasteiger partial charge on any atom is -0.493 e. The number of thioether (sulfide) groups is 1. The number of aromatic carboxylic acids is 1. The minimum absolute atomic E-state index is 0.0615. The molecule has 196 valence electrons. The van der Waals surface area contributed by atoms with Gasteiger partial charge in [-0.25, -0.2) is 9.59 Å². The van der Waals surface area contributed by atoms with E-state index in [0.717, 1.165) is 34.6 Å². The molecule has 38 heavy (non-hydrogen) atoms. The van der Waals surface area contributed by atoms with Crippen molar-refractivity contribution in [2.24, 2.45) is 10.2 Å². The number of carboxylic acids is 1. The summed E-state index contributed by atoms with van der Waals surface area (Å²) in [6.07, 6.45) is 1.55. The van der Waals surface area contributed by atoms with Crippen molar-refractivity contribution >= 4 is 69.2 Å². The maximum Gasteiger partial charge on any atom is 0.364 e. The lowest BCUT2D eigenvalue weighted by Gasteiger charge is -2.06. The number of azo groups is 1. The van der Waals surface area contributed by atoms with Crippen molar-refractivity contribution in [3.8, 4) is 5.88 Å². The molecule has 4 aromatic rings. The third-order valence-corrected chi connectivity index (χ3v) is 7.44. The number of urea groups is 1. The van der Waals surface area contributed by atoms with Gasteiger partial charge in [-0.1, -0.05) is 47.4 Å². The quantitative estimate of drug-likeness (QED) is 0.138. The third kappa shape index (κ3) is 6.48. The second kappa shape index (κ2) is 12.3. The van der Waals surface area contributed by atoms with E-state index in [1.807, 2.05) is 37.3 Å². The third-order valence-electron chi connectivity index (χ3n) is 5.70. The number of amides is 2. The maximum atomic E-state index is 12.4. The number of halogens is 2. The highest BCUT2D eigenvalue weighted by Gasteiger charge is 2.17. The fourth-order valence-electron chi connectivity index (χ4n) is 3.86. The van der Waals surface area contributed by atoms with Crippen LogP contribution in [0.2, 0.25) is 10.0 Å². The minimum atomic E-state index is -0.947. The Hall–Kier alpha value is -3.53. The molecule has 0 saturated carbocycles. The Morgan fingerprint density at radius 2 is 1.79 bits per heavy atom. The Labute approximate surface area is 233 Å². The predicted molar refractivity (Wildman–Crippen MR) is 152 cm³/mol. The van der Waals surface area contributed by atoms with Crippen LogP contribution in [0.4, 0.5) is 16.2 Å². The molecule has 0 saturated heterocycles. The standard InChI is InChI=1S/C27H24Cl2N4O4S/c1-2-12-33-23-10-8-19(38-13-11-16-3-5-17(6-4-16)26(35)36)15-20(23)24(25(33)34)31-32-27(37)30-18-7-9-21(28)22(29)14-18/h3-10,14-15,34H,2,11-13H2,1H3,(H,30,37)(H,35,36). The number of benzene rings is 3. The maximum absolute atomic E-state index is 12.4. The van der Waals surface area contributed by atoms with Crippen LogP contribution in [0, 0.1) is 0 Å². The molecule has 0 spiro atoms. The number of nitrogens with zero attached hydrogens (tertiary/aromatic N) is 3. The number of aromatic nitrogens is 1. The zero-order valence-corrected chi connectivity index (χ0v) is 22.6. The van der Waals surface area contributed by atoms with Crippen LogP contribution >= 0.6 is 35.0 Å². The number of rotatable bonds is 9. The number of carboxylic acid groups (broad SMARTS) is 1. The average molecular weight is 571 g/mol. The van der Waals surface area contributed by atoms with E-state index in [4.69, 9.17) is 28.3 Å². The molecule has 1 heterocycles. The van der Waals surface area contributed by atoms with Crippen LogP contribution in [0.3, 0.4) is 0 Å². The van der Waals surface area contributed by atoms with Gasteiger partial charge in [-0.15, -0.1) is 16.9 Å². The van der Waals surface area contributed by atoms with Crippen LogP contribution in [-0.4, -0.2) is 32.5 Å². The van der Waals surface area contributed by atoms with Gasteiger partial charge in [0.25, 0.3) is 0 Å². The van der Waals surface area contributed by atoms with Gasteiger partial charge < -0.3 is 20.1 Å². The Morgan fingerprint density at radius 3 is 2.47 bits per heavy atom. The first-order valence-corrected chi connectivity index (χ1v) is 13.5. The molecule has 0 fully saturated rings. The highest BCUT2D eigenvalue weighted by molar-refractivity contribution is 7.99. The van der Waals surface area contributed by atoms with Crippen molar-refractivity contribution in [3.63, 3.8) is 0 Å². The van der Waals surface area contributed by atoms with E-state index in [-0.39, 0.29) is 17.1 Å². The normalized spacial score (nSPS) is 11.3. The van der Waals surface area contributed by atoms with Crippen molar-refractivity contribution in [1.29, 1.82) is 0 Å². The van der Waals surface area contributed by atoms with Crippen molar-refractivity contribution in [1.82, 2.24) is 4.57 Å². The molecule has 11 heteroatoms. The molecular formula is C27H24Cl2N4O4S. The van der Waals surface area contributed by atoms with E-state index in [0.29, 0.717) is 27.7 Å². The molecule has 0 aliphatic rings. The van der Waals surface area contributed by atoms with Gasteiger partial charge in [0.15, 0.2) is 5.69 Å². The first-order chi connectivity index (χ1) is 18.3. The SMILES string of the molecule is CCCn1c(O)c(N=NC(=O)Nc2ccc(Cl)c(Cl)c2)c2cc(SCCc3ccc(C(=O)O)cc3)ccc21. The highest BCUT2D eigenvalue weighted by atomic mass is 35.5. The molecule has 2 amide bonds. The molecule has 4 rings (SSSR count). The van der Waals surface area contributed by atoms with Crippen LogP contribution in [0.15, 0.2) is 75.8 Å². The van der Waals surface area contributed by atoms with E-state index in [9.17, 15) is 14.7 Å². The summed E-state index contributed by atoms with van der Waals surface area (Å²) in [7, 11) is 0. The zero-order valence-electron chi connectivity index (χ0n) is 20.3. The molecule has 8 nitrogen and oxygen atoms in total. The van der Waals surface area contributed by atoms with Gasteiger partial charge >= 0.3 is 12.0 Å². The number of carbonyl (C=O) groups is 2. The number of fused-ring (bicyclic) bond motifs is 1. The lowest BCUT2D eigenvalue weighted by atomic mass is 10.1. The van der Waals surface area contributed by atoms with Gasteiger partial charge in [0.1, 0.15) is 0 Å². The van der Waals surface area contributed by atoms with Gasteiger partial charge in [0.05, 0.1) is 21.1 Å². The fourth-order valence-corrected chi connectivity index (χ4v) is 5.10. The first-order valence-electron chi connectivity index (χ1n) is 11.7. The number of aromatic hydroxyl groups is 1. The van der Waals surface area contributed by atoms with E-state index in [1.165, 1.54) is 6.07 Å². The van der Waals surface area contributed by atoms with Crippen LogP contribution in [0.25, 0.3) is 10.9 Å². The second-order valence-electron chi connectivity index (χ2n) is 8.36. The average Bonchev–Trinajstić information content (AvgIpc) is 3.15. The lowest BCUT2D eigenvalue weighted by molar-refractivity contribution is 0.0697. The summed E-state index contributed by atoms with van der Waals surface area (Å²) in [5, 5.41) is 31.7. The Morgan fingerprint density at radius 1 is 1.03 bits per heavy atom. The summed E-state index contributed by atoms with van der Waals surface area (Å²) in [4.78, 5) is 24.4.